The topological polar surface area (TPSA) is 141 Å². The summed E-state index contributed by atoms with van der Waals surface area (Å²) < 4.78 is 22.5. The summed E-state index contributed by atoms with van der Waals surface area (Å²) in [5.41, 5.74) is -0.126. The van der Waals surface area contributed by atoms with Crippen LogP contribution in [0.2, 0.25) is 0 Å². The molecule has 0 amide bonds. The third-order valence-corrected chi connectivity index (χ3v) is 4.53. The normalized spacial score (nSPS) is 11.4. The zero-order chi connectivity index (χ0) is 16.3. The van der Waals surface area contributed by atoms with Gasteiger partial charge in [0.25, 0.3) is 5.69 Å². The molecule has 3 N–H and O–H groups in total. The van der Waals surface area contributed by atoms with E-state index in [-0.39, 0.29) is 16.3 Å². The van der Waals surface area contributed by atoms with Gasteiger partial charge in [0, 0.05) is 19.0 Å². The quantitative estimate of drug-likeness (QED) is 0.590. The summed E-state index contributed by atoms with van der Waals surface area (Å²) >= 11 is 1.45. The number of nitro benzene ring substituents is 1. The maximum absolute atomic E-state index is 11.2. The Hall–Kier alpha value is -2.11. The number of aryl methyl sites for hydroxylation is 1. The maximum Gasteiger partial charge on any atom is 0.293 e. The highest BCUT2D eigenvalue weighted by atomic mass is 32.2. The minimum absolute atomic E-state index is 0.221. The van der Waals surface area contributed by atoms with Crippen LogP contribution in [0.4, 0.5) is 11.4 Å². The lowest BCUT2D eigenvalue weighted by molar-refractivity contribution is -0.384. The molecule has 9 nitrogen and oxygen atoms in total. The van der Waals surface area contributed by atoms with E-state index in [1.54, 1.807) is 0 Å². The molecule has 2 rings (SSSR count). The van der Waals surface area contributed by atoms with Gasteiger partial charge < -0.3 is 5.32 Å². The minimum atomic E-state index is -3.99. The Morgan fingerprint density at radius 3 is 2.68 bits per heavy atom. The van der Waals surface area contributed by atoms with Crippen molar-refractivity contribution in [3.63, 3.8) is 0 Å². The second kappa shape index (κ2) is 6.34. The van der Waals surface area contributed by atoms with Crippen molar-refractivity contribution in [2.45, 2.75) is 18.2 Å². The molecule has 0 atom stereocenters. The van der Waals surface area contributed by atoms with Crippen LogP contribution in [0.3, 0.4) is 0 Å². The van der Waals surface area contributed by atoms with Gasteiger partial charge in [-0.3, -0.25) is 10.1 Å². The van der Waals surface area contributed by atoms with Gasteiger partial charge in [0.1, 0.15) is 15.7 Å². The predicted octanol–water partition coefficient (Wildman–Crippen LogP) is 1.06. The molecule has 22 heavy (non-hydrogen) atoms. The van der Waals surface area contributed by atoms with Crippen LogP contribution in [0, 0.1) is 17.0 Å². The largest absolute Gasteiger partial charge is 0.379 e. The number of aromatic nitrogens is 2. The minimum Gasteiger partial charge on any atom is -0.379 e. The lowest BCUT2D eigenvalue weighted by Crippen LogP contribution is -2.13. The molecule has 0 aliphatic carbocycles. The molecule has 0 aliphatic heterocycles. The standard InChI is InChI=1S/C11H13N5O4S2/c1-7-14-15-11(21-7)4-5-13-9-3-2-8(22(12,19)20)6-10(9)16(17)18/h2-3,6,13H,4-5H2,1H3,(H2,12,19,20). The van der Waals surface area contributed by atoms with Gasteiger partial charge in [0.15, 0.2) is 0 Å². The number of nitrogens with two attached hydrogens (primary N) is 1. The van der Waals surface area contributed by atoms with E-state index in [4.69, 9.17) is 5.14 Å². The van der Waals surface area contributed by atoms with Crippen LogP contribution in [0.15, 0.2) is 23.1 Å². The van der Waals surface area contributed by atoms with Crippen LogP contribution in [0.5, 0.6) is 0 Å². The number of nitro groups is 1. The zero-order valence-corrected chi connectivity index (χ0v) is 13.1. The molecule has 118 valence electrons. The summed E-state index contributed by atoms with van der Waals surface area (Å²) in [4.78, 5) is 10.1. The summed E-state index contributed by atoms with van der Waals surface area (Å²) in [7, 11) is -3.99. The van der Waals surface area contributed by atoms with E-state index in [1.807, 2.05) is 6.92 Å². The molecule has 11 heteroatoms. The number of nitrogens with one attached hydrogen (secondary N) is 1. The first-order chi connectivity index (χ1) is 10.3. The fraction of sp³-hybridized carbons (Fsp3) is 0.273. The van der Waals surface area contributed by atoms with E-state index in [1.165, 1.54) is 23.5 Å². The first kappa shape index (κ1) is 16.3. The van der Waals surface area contributed by atoms with Gasteiger partial charge in [-0.15, -0.1) is 21.5 Å². The highest BCUT2D eigenvalue weighted by Crippen LogP contribution is 2.27. The van der Waals surface area contributed by atoms with E-state index in [0.29, 0.717) is 13.0 Å². The molecular weight excluding hydrogens is 330 g/mol. The Morgan fingerprint density at radius 1 is 1.41 bits per heavy atom. The molecule has 0 radical (unpaired) electrons. The number of rotatable bonds is 6. The third kappa shape index (κ3) is 3.96. The highest BCUT2D eigenvalue weighted by Gasteiger charge is 2.18. The van der Waals surface area contributed by atoms with Gasteiger partial charge in [-0.1, -0.05) is 0 Å². The van der Waals surface area contributed by atoms with E-state index in [0.717, 1.165) is 16.1 Å². The summed E-state index contributed by atoms with van der Waals surface area (Å²) in [6, 6.07) is 3.48. The average Bonchev–Trinajstić information content (AvgIpc) is 2.83. The maximum atomic E-state index is 11.2. The van der Waals surface area contributed by atoms with Gasteiger partial charge in [-0.25, -0.2) is 13.6 Å². The van der Waals surface area contributed by atoms with Gasteiger partial charge in [0.05, 0.1) is 9.82 Å². The Bertz CT molecular complexity index is 803. The SMILES string of the molecule is Cc1nnc(CCNc2ccc(S(N)(=O)=O)cc2[N+](=O)[O-])s1. The Morgan fingerprint density at radius 2 is 2.14 bits per heavy atom. The Balaban J connectivity index is 2.14. The van der Waals surface area contributed by atoms with Crippen LogP contribution in [-0.2, 0) is 16.4 Å². The van der Waals surface area contributed by atoms with Crippen molar-refractivity contribution in [3.05, 3.63) is 38.3 Å². The second-order valence-electron chi connectivity index (χ2n) is 4.37. The second-order valence-corrected chi connectivity index (χ2v) is 7.20. The molecule has 0 unspecified atom stereocenters. The van der Waals surface area contributed by atoms with Gasteiger partial charge >= 0.3 is 0 Å². The number of hydrogen-bond acceptors (Lipinski definition) is 8. The van der Waals surface area contributed by atoms with E-state index in [2.05, 4.69) is 15.5 Å². The smallest absolute Gasteiger partial charge is 0.293 e. The van der Waals surface area contributed by atoms with Crippen LogP contribution in [0.25, 0.3) is 0 Å². The van der Waals surface area contributed by atoms with Crippen LogP contribution < -0.4 is 10.5 Å². The van der Waals surface area contributed by atoms with E-state index in [9.17, 15) is 18.5 Å². The van der Waals surface area contributed by atoms with Crippen molar-refractivity contribution in [1.29, 1.82) is 0 Å². The molecular formula is C11H13N5O4S2. The fourth-order valence-electron chi connectivity index (χ4n) is 1.73. The van der Waals surface area contributed by atoms with E-state index >= 15 is 0 Å². The number of anilines is 1. The lowest BCUT2D eigenvalue weighted by Gasteiger charge is -2.07. The van der Waals surface area contributed by atoms with Gasteiger partial charge in [-0.05, 0) is 19.1 Å². The summed E-state index contributed by atoms with van der Waals surface area (Å²) in [6.45, 7) is 2.25. The molecule has 1 heterocycles. The number of benzene rings is 1. The highest BCUT2D eigenvalue weighted by molar-refractivity contribution is 7.89. The molecule has 0 aliphatic rings. The predicted molar refractivity (Wildman–Crippen MR) is 81.3 cm³/mol. The fourth-order valence-corrected chi connectivity index (χ4v) is 2.97. The molecule has 0 spiro atoms. The van der Waals surface area contributed by atoms with Gasteiger partial charge in [0.2, 0.25) is 10.0 Å². The molecule has 2 aromatic rings. The number of primary sulfonamides is 1. The Kier molecular flexibility index (Phi) is 4.68. The molecule has 1 aromatic carbocycles. The first-order valence-corrected chi connectivity index (χ1v) is 8.48. The van der Waals surface area contributed by atoms with Crippen molar-refractivity contribution in [2.75, 3.05) is 11.9 Å². The molecule has 0 fully saturated rings. The van der Waals surface area contributed by atoms with Crippen LogP contribution in [-0.4, -0.2) is 30.1 Å². The summed E-state index contributed by atoms with van der Waals surface area (Å²) in [5, 5.41) is 28.4. The number of hydrogen-bond donors (Lipinski definition) is 2. The molecule has 0 saturated carbocycles. The molecule has 0 bridgehead atoms. The van der Waals surface area contributed by atoms with Crippen LogP contribution >= 0.6 is 11.3 Å². The molecule has 0 saturated heterocycles. The van der Waals surface area contributed by atoms with Crippen molar-refractivity contribution < 1.29 is 13.3 Å². The van der Waals surface area contributed by atoms with Gasteiger partial charge in [-0.2, -0.15) is 0 Å². The lowest BCUT2D eigenvalue weighted by atomic mass is 10.2. The van der Waals surface area contributed by atoms with Crippen LogP contribution in [0.1, 0.15) is 10.0 Å². The van der Waals surface area contributed by atoms with Crippen molar-refractivity contribution >= 4 is 32.7 Å². The first-order valence-electron chi connectivity index (χ1n) is 6.11. The average molecular weight is 343 g/mol. The number of nitrogens with zero attached hydrogens (tertiary/aromatic N) is 3. The monoisotopic (exact) mass is 343 g/mol. The summed E-state index contributed by atoms with van der Waals surface area (Å²) in [5.74, 6) is 0. The molecule has 1 aromatic heterocycles. The summed E-state index contributed by atoms with van der Waals surface area (Å²) in [6.07, 6.45) is 0.555. The zero-order valence-electron chi connectivity index (χ0n) is 11.5. The number of sulfonamides is 1. The van der Waals surface area contributed by atoms with E-state index < -0.39 is 14.9 Å². The van der Waals surface area contributed by atoms with Crippen molar-refractivity contribution in [2.24, 2.45) is 5.14 Å². The Labute approximate surface area is 130 Å². The third-order valence-electron chi connectivity index (χ3n) is 2.72. The van der Waals surface area contributed by atoms with Crippen molar-refractivity contribution in [1.82, 2.24) is 10.2 Å². The van der Waals surface area contributed by atoms with Crippen molar-refractivity contribution in [3.8, 4) is 0 Å².